The maximum Gasteiger partial charge on any atom is 0.280 e. The Morgan fingerprint density at radius 2 is 1.67 bits per heavy atom. The van der Waals surface area contributed by atoms with Gasteiger partial charge < -0.3 is 5.32 Å². The van der Waals surface area contributed by atoms with E-state index in [4.69, 9.17) is 0 Å². The van der Waals surface area contributed by atoms with E-state index in [0.29, 0.717) is 5.69 Å². The van der Waals surface area contributed by atoms with Crippen molar-refractivity contribution in [3.8, 4) is 11.3 Å². The van der Waals surface area contributed by atoms with Crippen molar-refractivity contribution in [3.05, 3.63) is 41.1 Å². The summed E-state index contributed by atoms with van der Waals surface area (Å²) >= 11 is 0. The summed E-state index contributed by atoms with van der Waals surface area (Å²) in [4.78, 5) is 8.43. The van der Waals surface area contributed by atoms with Crippen LogP contribution in [0, 0.1) is 19.3 Å². The van der Waals surface area contributed by atoms with Crippen LogP contribution in [0.1, 0.15) is 50.9 Å². The molecule has 1 atom stereocenters. The molecule has 2 aromatic rings. The lowest BCUT2D eigenvalue weighted by molar-refractivity contribution is 0.146. The van der Waals surface area contributed by atoms with Crippen LogP contribution < -0.4 is 5.32 Å². The molecule has 0 aliphatic heterocycles. The minimum Gasteiger partial charge on any atom is -0.351 e. The van der Waals surface area contributed by atoms with Gasteiger partial charge in [0, 0.05) is 11.6 Å². The first-order chi connectivity index (χ1) is 11.1. The lowest BCUT2D eigenvalue weighted by Gasteiger charge is -2.28. The molecular formula is C19H25F2N3. The van der Waals surface area contributed by atoms with Gasteiger partial charge in [-0.1, -0.05) is 32.9 Å². The van der Waals surface area contributed by atoms with Crippen molar-refractivity contribution in [2.24, 2.45) is 5.41 Å². The van der Waals surface area contributed by atoms with Crippen LogP contribution in [0.5, 0.6) is 0 Å². The number of alkyl halides is 2. The number of rotatable bonds is 4. The van der Waals surface area contributed by atoms with Gasteiger partial charge in [-0.25, -0.2) is 18.7 Å². The summed E-state index contributed by atoms with van der Waals surface area (Å²) in [7, 11) is 0. The molecule has 3 nitrogen and oxygen atoms in total. The summed E-state index contributed by atoms with van der Waals surface area (Å²) < 4.78 is 26.5. The molecule has 1 aromatic carbocycles. The average Bonchev–Trinajstić information content (AvgIpc) is 2.48. The van der Waals surface area contributed by atoms with Crippen LogP contribution in [-0.2, 0) is 0 Å². The topological polar surface area (TPSA) is 37.8 Å². The van der Waals surface area contributed by atoms with E-state index in [1.807, 2.05) is 39.0 Å². The van der Waals surface area contributed by atoms with Crippen molar-refractivity contribution in [2.45, 2.75) is 54.0 Å². The number of nitrogens with zero attached hydrogens (tertiary/aromatic N) is 2. The van der Waals surface area contributed by atoms with Gasteiger partial charge in [-0.3, -0.25) is 0 Å². The lowest BCUT2D eigenvalue weighted by Crippen LogP contribution is -2.31. The van der Waals surface area contributed by atoms with Crippen molar-refractivity contribution in [1.82, 2.24) is 9.97 Å². The summed E-state index contributed by atoms with van der Waals surface area (Å²) in [6.07, 6.45) is -2.64. The first kappa shape index (κ1) is 18.3. The van der Waals surface area contributed by atoms with E-state index in [1.54, 1.807) is 0 Å². The molecule has 24 heavy (non-hydrogen) atoms. The molecular weight excluding hydrogens is 308 g/mol. The highest BCUT2D eigenvalue weighted by atomic mass is 19.3. The van der Waals surface area contributed by atoms with Crippen LogP contribution >= 0.6 is 0 Å². The van der Waals surface area contributed by atoms with Crippen molar-refractivity contribution in [1.29, 1.82) is 0 Å². The van der Waals surface area contributed by atoms with Crippen molar-refractivity contribution >= 4 is 5.95 Å². The van der Waals surface area contributed by atoms with Gasteiger partial charge >= 0.3 is 0 Å². The molecule has 1 heterocycles. The number of anilines is 1. The average molecular weight is 333 g/mol. The zero-order chi connectivity index (χ0) is 18.1. The Morgan fingerprint density at radius 1 is 1.00 bits per heavy atom. The molecule has 0 radical (unpaired) electrons. The van der Waals surface area contributed by atoms with Crippen LogP contribution in [0.2, 0.25) is 0 Å². The molecule has 0 saturated heterocycles. The second kappa shape index (κ2) is 6.83. The number of aromatic nitrogens is 2. The maximum absolute atomic E-state index is 13.2. The Kier molecular flexibility index (Phi) is 5.21. The first-order valence-corrected chi connectivity index (χ1v) is 8.09. The number of hydrogen-bond acceptors (Lipinski definition) is 3. The molecule has 1 aromatic heterocycles. The quantitative estimate of drug-likeness (QED) is 0.797. The smallest absolute Gasteiger partial charge is 0.280 e. The first-order valence-electron chi connectivity index (χ1n) is 8.09. The predicted molar refractivity (Wildman–Crippen MR) is 94.4 cm³/mol. The normalized spacial score (nSPS) is 13.2. The number of aryl methyl sites for hydroxylation is 2. The third-order valence-electron chi connectivity index (χ3n) is 4.42. The number of hydrogen-bond donors (Lipinski definition) is 1. The van der Waals surface area contributed by atoms with Crippen molar-refractivity contribution in [2.75, 3.05) is 5.32 Å². The van der Waals surface area contributed by atoms with E-state index < -0.39 is 6.43 Å². The second-order valence-electron chi connectivity index (χ2n) is 7.33. The molecule has 0 aliphatic carbocycles. The van der Waals surface area contributed by atoms with E-state index >= 15 is 0 Å². The van der Waals surface area contributed by atoms with Gasteiger partial charge in [0.15, 0.2) is 0 Å². The van der Waals surface area contributed by atoms with E-state index in [1.165, 1.54) is 6.07 Å². The molecule has 0 fully saturated rings. The highest BCUT2D eigenvalue weighted by Crippen LogP contribution is 2.27. The van der Waals surface area contributed by atoms with Gasteiger partial charge in [0.1, 0.15) is 5.69 Å². The van der Waals surface area contributed by atoms with Crippen LogP contribution in [0.4, 0.5) is 14.7 Å². The summed E-state index contributed by atoms with van der Waals surface area (Å²) in [5.41, 5.74) is 3.27. The predicted octanol–water partition coefficient (Wildman–Crippen LogP) is 5.54. The minimum atomic E-state index is -2.64. The van der Waals surface area contributed by atoms with Crippen LogP contribution in [0.3, 0.4) is 0 Å². The van der Waals surface area contributed by atoms with Crippen molar-refractivity contribution in [3.63, 3.8) is 0 Å². The van der Waals surface area contributed by atoms with Crippen molar-refractivity contribution < 1.29 is 8.78 Å². The Morgan fingerprint density at radius 3 is 2.21 bits per heavy atom. The third-order valence-corrected chi connectivity index (χ3v) is 4.42. The van der Waals surface area contributed by atoms with Gasteiger partial charge in [0.05, 0.1) is 5.69 Å². The van der Waals surface area contributed by atoms with E-state index in [0.717, 1.165) is 16.7 Å². The molecule has 1 N–H and O–H groups in total. The highest BCUT2D eigenvalue weighted by molar-refractivity contribution is 5.62. The lowest BCUT2D eigenvalue weighted by atomic mass is 9.88. The molecule has 0 spiro atoms. The van der Waals surface area contributed by atoms with Gasteiger partial charge in [0.25, 0.3) is 6.43 Å². The molecule has 0 unspecified atom stereocenters. The van der Waals surface area contributed by atoms with Gasteiger partial charge in [-0.05, 0) is 49.4 Å². The number of benzene rings is 1. The van der Waals surface area contributed by atoms with E-state index in [2.05, 4.69) is 36.1 Å². The molecule has 0 amide bonds. The zero-order valence-corrected chi connectivity index (χ0v) is 15.1. The van der Waals surface area contributed by atoms with E-state index in [-0.39, 0.29) is 23.1 Å². The van der Waals surface area contributed by atoms with Gasteiger partial charge in [-0.15, -0.1) is 0 Å². The molecule has 130 valence electrons. The summed E-state index contributed by atoms with van der Waals surface area (Å²) in [5.74, 6) is 0.239. The summed E-state index contributed by atoms with van der Waals surface area (Å²) in [6.45, 7) is 12.2. The fourth-order valence-corrected chi connectivity index (χ4v) is 2.10. The van der Waals surface area contributed by atoms with E-state index in [9.17, 15) is 8.78 Å². The highest BCUT2D eigenvalue weighted by Gasteiger charge is 2.22. The standard InChI is InChI=1S/C19H25F2N3/c1-11-7-8-14(9-12(11)2)15-10-16(17(20)21)24-18(23-15)22-13(3)19(4,5)6/h7-10,13,17H,1-6H3,(H,22,23,24)/t13-/m0/s1. The van der Waals surface area contributed by atoms with Gasteiger partial charge in [0.2, 0.25) is 5.95 Å². The number of halogens is 2. The molecule has 0 bridgehead atoms. The number of nitrogens with one attached hydrogen (secondary N) is 1. The Balaban J connectivity index is 2.46. The molecule has 5 heteroatoms. The SMILES string of the molecule is Cc1ccc(-c2cc(C(F)F)nc(N[C@@H](C)C(C)(C)C)n2)cc1C. The molecule has 0 aliphatic rings. The summed E-state index contributed by atoms with van der Waals surface area (Å²) in [6, 6.07) is 7.24. The molecule has 0 saturated carbocycles. The largest absolute Gasteiger partial charge is 0.351 e. The minimum absolute atomic E-state index is 0.0369. The van der Waals surface area contributed by atoms with Crippen LogP contribution in [0.15, 0.2) is 24.3 Å². The monoisotopic (exact) mass is 333 g/mol. The fraction of sp³-hybridized carbons (Fsp3) is 0.474. The zero-order valence-electron chi connectivity index (χ0n) is 15.1. The summed E-state index contributed by atoms with van der Waals surface area (Å²) in [5, 5.41) is 3.16. The molecule has 2 rings (SSSR count). The fourth-order valence-electron chi connectivity index (χ4n) is 2.10. The second-order valence-corrected chi connectivity index (χ2v) is 7.33. The Labute approximate surface area is 142 Å². The van der Waals surface area contributed by atoms with Crippen LogP contribution in [-0.4, -0.2) is 16.0 Å². The third kappa shape index (κ3) is 4.28. The maximum atomic E-state index is 13.2. The van der Waals surface area contributed by atoms with Crippen LogP contribution in [0.25, 0.3) is 11.3 Å². The van der Waals surface area contributed by atoms with Gasteiger partial charge in [-0.2, -0.15) is 0 Å². The Bertz CT molecular complexity index is 721. The Hall–Kier alpha value is -2.04.